The fourth-order valence-electron chi connectivity index (χ4n) is 1.70. The molecule has 2 rings (SSSR count). The van der Waals surface area contributed by atoms with E-state index in [2.05, 4.69) is 26.2 Å². The van der Waals surface area contributed by atoms with Gasteiger partial charge >= 0.3 is 0 Å². The van der Waals surface area contributed by atoms with Crippen molar-refractivity contribution < 1.29 is 4.79 Å². The normalized spacial score (nSPS) is 10.3. The Morgan fingerprint density at radius 3 is 2.63 bits per heavy atom. The molecule has 0 saturated carbocycles. The number of nitrogens with one attached hydrogen (secondary N) is 1. The van der Waals surface area contributed by atoms with Crippen molar-refractivity contribution in [3.63, 3.8) is 0 Å². The number of nitrogens with two attached hydrogens (primary N) is 1. The van der Waals surface area contributed by atoms with E-state index in [-0.39, 0.29) is 5.91 Å². The average molecular weight is 320 g/mol. The molecular formula is C14H14BrN3O. The van der Waals surface area contributed by atoms with E-state index in [0.29, 0.717) is 16.9 Å². The molecule has 0 bridgehead atoms. The lowest BCUT2D eigenvalue weighted by Crippen LogP contribution is -2.13. The Labute approximate surface area is 120 Å². The topological polar surface area (TPSA) is 68.0 Å². The van der Waals surface area contributed by atoms with Crippen LogP contribution in [0.25, 0.3) is 0 Å². The van der Waals surface area contributed by atoms with Crippen molar-refractivity contribution >= 4 is 33.2 Å². The molecular weight excluding hydrogens is 306 g/mol. The molecule has 1 aromatic heterocycles. The number of aromatic nitrogens is 1. The molecule has 4 nitrogen and oxygen atoms in total. The molecule has 1 amide bonds. The van der Waals surface area contributed by atoms with E-state index in [4.69, 9.17) is 5.73 Å². The largest absolute Gasteiger partial charge is 0.398 e. The standard InChI is InChI=1S/C14H14BrN3O/c1-8-3-6-13(9(2)17-8)18-14(19)10-4-5-11(15)12(16)7-10/h3-7H,16H2,1-2H3,(H,18,19). The highest BCUT2D eigenvalue weighted by Crippen LogP contribution is 2.21. The molecule has 98 valence electrons. The first-order valence-corrected chi connectivity index (χ1v) is 6.57. The summed E-state index contributed by atoms with van der Waals surface area (Å²) in [7, 11) is 0. The molecule has 2 aromatic rings. The van der Waals surface area contributed by atoms with Crippen LogP contribution >= 0.6 is 15.9 Å². The molecule has 0 atom stereocenters. The second-order valence-corrected chi connectivity index (χ2v) is 5.13. The third-order valence-electron chi connectivity index (χ3n) is 2.73. The van der Waals surface area contributed by atoms with Gasteiger partial charge in [0, 0.05) is 21.4 Å². The van der Waals surface area contributed by atoms with E-state index in [1.165, 1.54) is 0 Å². The van der Waals surface area contributed by atoms with Crippen LogP contribution in [0.5, 0.6) is 0 Å². The number of hydrogen-bond donors (Lipinski definition) is 2. The molecule has 0 radical (unpaired) electrons. The van der Waals surface area contributed by atoms with Gasteiger partial charge in [0.1, 0.15) is 0 Å². The fourth-order valence-corrected chi connectivity index (χ4v) is 1.94. The van der Waals surface area contributed by atoms with Gasteiger partial charge < -0.3 is 11.1 Å². The van der Waals surface area contributed by atoms with Crippen LogP contribution in [0.1, 0.15) is 21.7 Å². The maximum atomic E-state index is 12.1. The maximum absolute atomic E-state index is 12.1. The van der Waals surface area contributed by atoms with Gasteiger partial charge in [0.25, 0.3) is 5.91 Å². The minimum absolute atomic E-state index is 0.201. The Bertz CT molecular complexity index is 641. The van der Waals surface area contributed by atoms with Crippen molar-refractivity contribution in [1.29, 1.82) is 0 Å². The van der Waals surface area contributed by atoms with Crippen molar-refractivity contribution in [2.45, 2.75) is 13.8 Å². The van der Waals surface area contributed by atoms with Crippen LogP contribution in [-0.4, -0.2) is 10.9 Å². The van der Waals surface area contributed by atoms with Gasteiger partial charge in [0.2, 0.25) is 0 Å². The second kappa shape index (κ2) is 5.40. The maximum Gasteiger partial charge on any atom is 0.255 e. The van der Waals surface area contributed by atoms with Crippen molar-refractivity contribution in [2.24, 2.45) is 0 Å². The summed E-state index contributed by atoms with van der Waals surface area (Å²) in [5, 5.41) is 2.83. The van der Waals surface area contributed by atoms with Crippen LogP contribution in [0.2, 0.25) is 0 Å². The third kappa shape index (κ3) is 3.12. The van der Waals surface area contributed by atoms with Crippen LogP contribution in [0.15, 0.2) is 34.8 Å². The molecule has 1 aromatic carbocycles. The minimum Gasteiger partial charge on any atom is -0.398 e. The Morgan fingerprint density at radius 2 is 2.00 bits per heavy atom. The van der Waals surface area contributed by atoms with Gasteiger partial charge in [0.15, 0.2) is 0 Å². The number of carbonyl (C=O) groups excluding carboxylic acids is 1. The third-order valence-corrected chi connectivity index (χ3v) is 3.45. The van der Waals surface area contributed by atoms with Crippen molar-refractivity contribution in [3.05, 3.63) is 51.8 Å². The molecule has 0 aliphatic rings. The number of nitrogens with zero attached hydrogens (tertiary/aromatic N) is 1. The Morgan fingerprint density at radius 1 is 1.26 bits per heavy atom. The monoisotopic (exact) mass is 319 g/mol. The van der Waals surface area contributed by atoms with Crippen LogP contribution in [-0.2, 0) is 0 Å². The van der Waals surface area contributed by atoms with E-state index in [9.17, 15) is 4.79 Å². The molecule has 0 fully saturated rings. The van der Waals surface area contributed by atoms with Crippen molar-refractivity contribution in [1.82, 2.24) is 4.98 Å². The summed E-state index contributed by atoms with van der Waals surface area (Å²) >= 11 is 3.30. The molecule has 0 unspecified atom stereocenters. The first kappa shape index (κ1) is 13.5. The number of carbonyl (C=O) groups is 1. The second-order valence-electron chi connectivity index (χ2n) is 4.28. The predicted octanol–water partition coefficient (Wildman–Crippen LogP) is 3.30. The Kier molecular flexibility index (Phi) is 3.85. The number of benzene rings is 1. The number of pyridine rings is 1. The van der Waals surface area contributed by atoms with Crippen LogP contribution in [0.4, 0.5) is 11.4 Å². The summed E-state index contributed by atoms with van der Waals surface area (Å²) in [6, 6.07) is 8.81. The number of aryl methyl sites for hydroxylation is 2. The smallest absolute Gasteiger partial charge is 0.255 e. The highest BCUT2D eigenvalue weighted by Gasteiger charge is 2.09. The summed E-state index contributed by atoms with van der Waals surface area (Å²) in [5.74, 6) is -0.201. The summed E-state index contributed by atoms with van der Waals surface area (Å²) < 4.78 is 0.775. The van der Waals surface area contributed by atoms with Gasteiger partial charge in [-0.2, -0.15) is 0 Å². The van der Waals surface area contributed by atoms with E-state index in [1.807, 2.05) is 26.0 Å². The lowest BCUT2D eigenvalue weighted by atomic mass is 10.2. The molecule has 0 aliphatic carbocycles. The highest BCUT2D eigenvalue weighted by molar-refractivity contribution is 9.10. The van der Waals surface area contributed by atoms with Gasteiger partial charge in [-0.3, -0.25) is 9.78 Å². The molecule has 0 spiro atoms. The summed E-state index contributed by atoms with van der Waals surface area (Å²) in [6.45, 7) is 3.77. The summed E-state index contributed by atoms with van der Waals surface area (Å²) in [5.41, 5.74) is 9.23. The van der Waals surface area contributed by atoms with Crippen molar-refractivity contribution in [3.8, 4) is 0 Å². The molecule has 1 heterocycles. The summed E-state index contributed by atoms with van der Waals surface area (Å²) in [4.78, 5) is 16.4. The van der Waals surface area contributed by atoms with Gasteiger partial charge in [-0.25, -0.2) is 0 Å². The Hall–Kier alpha value is -1.88. The number of amides is 1. The average Bonchev–Trinajstić information content (AvgIpc) is 2.36. The zero-order valence-corrected chi connectivity index (χ0v) is 12.3. The number of hydrogen-bond acceptors (Lipinski definition) is 3. The minimum atomic E-state index is -0.201. The molecule has 3 N–H and O–H groups in total. The van der Waals surface area contributed by atoms with E-state index in [0.717, 1.165) is 15.9 Å². The zero-order valence-electron chi connectivity index (χ0n) is 10.7. The van der Waals surface area contributed by atoms with Gasteiger partial charge in [-0.1, -0.05) is 0 Å². The number of anilines is 2. The number of nitrogen functional groups attached to an aromatic ring is 1. The van der Waals surface area contributed by atoms with Crippen LogP contribution in [0.3, 0.4) is 0 Å². The lowest BCUT2D eigenvalue weighted by Gasteiger charge is -2.09. The first-order valence-electron chi connectivity index (χ1n) is 5.78. The first-order chi connectivity index (χ1) is 8.97. The van der Waals surface area contributed by atoms with Crippen LogP contribution < -0.4 is 11.1 Å². The van der Waals surface area contributed by atoms with Gasteiger partial charge in [0.05, 0.1) is 11.4 Å². The fraction of sp³-hybridized carbons (Fsp3) is 0.143. The van der Waals surface area contributed by atoms with Crippen LogP contribution in [0, 0.1) is 13.8 Å². The van der Waals surface area contributed by atoms with Gasteiger partial charge in [-0.15, -0.1) is 0 Å². The van der Waals surface area contributed by atoms with E-state index >= 15 is 0 Å². The molecule has 0 saturated heterocycles. The van der Waals surface area contributed by atoms with Gasteiger partial charge in [-0.05, 0) is 60.1 Å². The SMILES string of the molecule is Cc1ccc(NC(=O)c2ccc(Br)c(N)c2)c(C)n1. The summed E-state index contributed by atoms with van der Waals surface area (Å²) in [6.07, 6.45) is 0. The van der Waals surface area contributed by atoms with E-state index < -0.39 is 0 Å². The quantitative estimate of drug-likeness (QED) is 0.834. The number of halogens is 1. The predicted molar refractivity (Wildman–Crippen MR) is 80.2 cm³/mol. The van der Waals surface area contributed by atoms with E-state index in [1.54, 1.807) is 18.2 Å². The zero-order chi connectivity index (χ0) is 14.0. The lowest BCUT2D eigenvalue weighted by molar-refractivity contribution is 0.102. The van der Waals surface area contributed by atoms with Crippen molar-refractivity contribution in [2.75, 3.05) is 11.1 Å². The molecule has 19 heavy (non-hydrogen) atoms. The Balaban J connectivity index is 2.23. The molecule has 0 aliphatic heterocycles. The molecule has 5 heteroatoms. The highest BCUT2D eigenvalue weighted by atomic mass is 79.9. The number of rotatable bonds is 2.